The predicted octanol–water partition coefficient (Wildman–Crippen LogP) is 24.7. The number of carbonyl (C=O) groups is 4. The van der Waals surface area contributed by atoms with Gasteiger partial charge in [0.15, 0.2) is 0 Å². The van der Waals surface area contributed by atoms with Gasteiger partial charge in [-0.2, -0.15) is 0 Å². The van der Waals surface area contributed by atoms with Crippen LogP contribution in [0.4, 0.5) is 0 Å². The minimum atomic E-state index is -1.22. The van der Waals surface area contributed by atoms with Crippen molar-refractivity contribution in [1.29, 1.82) is 0 Å². The largest absolute Gasteiger partial charge is 0.465 e. The van der Waals surface area contributed by atoms with Crippen LogP contribution < -0.4 is 0 Å². The first-order valence-corrected chi connectivity index (χ1v) is 37.7. The molecule has 0 unspecified atom stereocenters. The van der Waals surface area contributed by atoms with Crippen LogP contribution in [-0.2, 0) is 38.1 Å². The van der Waals surface area contributed by atoms with E-state index in [-0.39, 0.29) is 76.0 Å². The quantitative estimate of drug-likeness (QED) is 0.0257. The van der Waals surface area contributed by atoms with Crippen LogP contribution in [0.5, 0.6) is 0 Å². The average Bonchev–Trinajstić information content (AvgIpc) is 3.60. The normalized spacial score (nSPS) is 11.8. The molecule has 0 aliphatic heterocycles. The number of ether oxygens (including phenoxy) is 4. The molecule has 0 aliphatic rings. The first kappa shape index (κ1) is 82.4. The van der Waals surface area contributed by atoms with Gasteiger partial charge in [-0.3, -0.25) is 19.2 Å². The Hall–Kier alpha value is -2.64. The summed E-state index contributed by atoms with van der Waals surface area (Å²) in [6.45, 7) is 8.40. The van der Waals surface area contributed by atoms with Gasteiger partial charge >= 0.3 is 23.9 Å². The first-order chi connectivity index (χ1) is 41.8. The molecule has 0 radical (unpaired) electrons. The standard InChI is InChI=1S/C77H144O8/c1-5-9-13-17-21-25-29-33-37-41-45-49-53-57-61-65-73(78)82-69-77(70-83-74(79)66-62-58-54-50-46-42-38-34-30-26-22-18-14-10-6-2,71-84-75(80)67-63-59-55-51-47-43-39-35-31-27-23-19-15-11-7-3)72-85-76(81)68-64-60-56-52-48-44-40-36-32-28-24-20-16-12-8-4/h33-34,37-38H,5-32,35-36,39-72H2,1-4H3. The molecular formula is C77H144O8. The number of hydrogen-bond acceptors (Lipinski definition) is 8. The molecule has 0 aliphatic carbocycles. The van der Waals surface area contributed by atoms with E-state index in [0.717, 1.165) is 116 Å². The van der Waals surface area contributed by atoms with E-state index in [0.29, 0.717) is 0 Å². The summed E-state index contributed by atoms with van der Waals surface area (Å²) in [5.41, 5.74) is -1.22. The first-order valence-electron chi connectivity index (χ1n) is 37.7. The lowest BCUT2D eigenvalue weighted by molar-refractivity contribution is -0.170. The number of allylic oxidation sites excluding steroid dienone is 4. The highest BCUT2D eigenvalue weighted by atomic mass is 16.6. The Bertz CT molecular complexity index is 1360. The van der Waals surface area contributed by atoms with Crippen LogP contribution in [0.3, 0.4) is 0 Å². The van der Waals surface area contributed by atoms with Crippen molar-refractivity contribution in [3.63, 3.8) is 0 Å². The van der Waals surface area contributed by atoms with Gasteiger partial charge < -0.3 is 18.9 Å². The molecule has 8 nitrogen and oxygen atoms in total. The molecule has 0 fully saturated rings. The van der Waals surface area contributed by atoms with E-state index in [4.69, 9.17) is 18.9 Å². The lowest BCUT2D eigenvalue weighted by Crippen LogP contribution is -2.44. The molecule has 0 aromatic carbocycles. The van der Waals surface area contributed by atoms with Gasteiger partial charge in [0.25, 0.3) is 0 Å². The molecule has 0 bridgehead atoms. The summed E-state index contributed by atoms with van der Waals surface area (Å²) in [7, 11) is 0. The summed E-state index contributed by atoms with van der Waals surface area (Å²) < 4.78 is 23.9. The summed E-state index contributed by atoms with van der Waals surface area (Å²) in [6.07, 6.45) is 78.6. The fraction of sp³-hybridized carbons (Fsp3) is 0.896. The van der Waals surface area contributed by atoms with Crippen LogP contribution in [0.1, 0.15) is 413 Å². The van der Waals surface area contributed by atoms with E-state index < -0.39 is 5.41 Å². The van der Waals surface area contributed by atoms with Crippen molar-refractivity contribution in [3.05, 3.63) is 24.3 Å². The van der Waals surface area contributed by atoms with Gasteiger partial charge in [-0.15, -0.1) is 0 Å². The molecule has 8 heteroatoms. The van der Waals surface area contributed by atoms with Gasteiger partial charge in [0.05, 0.1) is 0 Å². The van der Waals surface area contributed by atoms with Gasteiger partial charge in [0.2, 0.25) is 0 Å². The van der Waals surface area contributed by atoms with Crippen LogP contribution in [-0.4, -0.2) is 50.3 Å². The van der Waals surface area contributed by atoms with E-state index in [1.807, 2.05) is 0 Å². The van der Waals surface area contributed by atoms with Crippen molar-refractivity contribution >= 4 is 23.9 Å². The fourth-order valence-electron chi connectivity index (χ4n) is 11.4. The van der Waals surface area contributed by atoms with Crippen molar-refractivity contribution in [2.75, 3.05) is 26.4 Å². The number of carbonyl (C=O) groups excluding carboxylic acids is 4. The molecule has 0 aromatic heterocycles. The maximum absolute atomic E-state index is 13.4. The number of esters is 4. The van der Waals surface area contributed by atoms with Crippen molar-refractivity contribution in [1.82, 2.24) is 0 Å². The third-order valence-electron chi connectivity index (χ3n) is 17.4. The average molecular weight is 1200 g/mol. The molecule has 0 saturated heterocycles. The molecule has 0 atom stereocenters. The molecular weight excluding hydrogens is 1050 g/mol. The molecule has 0 spiro atoms. The van der Waals surface area contributed by atoms with E-state index in [1.54, 1.807) is 0 Å². The Balaban J connectivity index is 5.46. The second-order valence-corrected chi connectivity index (χ2v) is 26.2. The zero-order valence-electron chi connectivity index (χ0n) is 57.3. The Kier molecular flexibility index (Phi) is 66.7. The van der Waals surface area contributed by atoms with E-state index in [9.17, 15) is 19.2 Å². The highest BCUT2D eigenvalue weighted by Gasteiger charge is 2.38. The zero-order valence-corrected chi connectivity index (χ0v) is 57.3. The molecule has 0 rings (SSSR count). The number of rotatable bonds is 70. The minimum Gasteiger partial charge on any atom is -0.465 e. The van der Waals surface area contributed by atoms with Crippen LogP contribution in [0, 0.1) is 5.41 Å². The van der Waals surface area contributed by atoms with E-state index in [2.05, 4.69) is 52.0 Å². The molecule has 0 heterocycles. The predicted molar refractivity (Wildman–Crippen MR) is 364 cm³/mol. The van der Waals surface area contributed by atoms with Crippen LogP contribution in [0.25, 0.3) is 0 Å². The van der Waals surface area contributed by atoms with Gasteiger partial charge in [0.1, 0.15) is 31.8 Å². The lowest BCUT2D eigenvalue weighted by atomic mass is 9.92. The monoisotopic (exact) mass is 1200 g/mol. The van der Waals surface area contributed by atoms with Crippen LogP contribution >= 0.6 is 0 Å². The highest BCUT2D eigenvalue weighted by molar-refractivity contribution is 5.71. The Labute approximate surface area is 528 Å². The van der Waals surface area contributed by atoms with Crippen molar-refractivity contribution < 1.29 is 38.1 Å². The molecule has 85 heavy (non-hydrogen) atoms. The Morgan fingerprint density at radius 1 is 0.212 bits per heavy atom. The third kappa shape index (κ3) is 64.2. The molecule has 0 amide bonds. The maximum Gasteiger partial charge on any atom is 0.305 e. The van der Waals surface area contributed by atoms with Gasteiger partial charge in [-0.05, 0) is 77.0 Å². The summed E-state index contributed by atoms with van der Waals surface area (Å²) in [5.74, 6) is -1.34. The second-order valence-electron chi connectivity index (χ2n) is 26.2. The van der Waals surface area contributed by atoms with Gasteiger partial charge in [-0.1, -0.05) is 335 Å². The summed E-state index contributed by atoms with van der Waals surface area (Å²) in [6, 6.07) is 0. The number of hydrogen-bond donors (Lipinski definition) is 0. The molecule has 0 saturated carbocycles. The minimum absolute atomic E-state index is 0.168. The van der Waals surface area contributed by atoms with E-state index in [1.165, 1.54) is 244 Å². The van der Waals surface area contributed by atoms with Crippen molar-refractivity contribution in [3.8, 4) is 0 Å². The Morgan fingerprint density at radius 2 is 0.353 bits per heavy atom. The highest BCUT2D eigenvalue weighted by Crippen LogP contribution is 2.25. The molecule has 0 N–H and O–H groups in total. The SMILES string of the molecule is CCCCCCCCC=CCCCCCCCC(=O)OCC(COC(=O)CCCCCCCC=CCCCCCCCC)(COC(=O)CCCCCCCCCCCCCCCCC)COC(=O)CCCCCCCCCCCCCCCCC. The van der Waals surface area contributed by atoms with Crippen molar-refractivity contribution in [2.24, 2.45) is 5.41 Å². The summed E-state index contributed by atoms with van der Waals surface area (Å²) in [4.78, 5) is 53.5. The molecule has 0 aromatic rings. The third-order valence-corrected chi connectivity index (χ3v) is 17.4. The smallest absolute Gasteiger partial charge is 0.305 e. The van der Waals surface area contributed by atoms with E-state index >= 15 is 0 Å². The maximum atomic E-state index is 13.4. The number of unbranched alkanes of at least 4 members (excludes halogenated alkanes) is 50. The summed E-state index contributed by atoms with van der Waals surface area (Å²) in [5, 5.41) is 0. The molecule has 500 valence electrons. The lowest BCUT2D eigenvalue weighted by Gasteiger charge is -2.31. The summed E-state index contributed by atoms with van der Waals surface area (Å²) >= 11 is 0. The Morgan fingerprint density at radius 3 is 0.518 bits per heavy atom. The van der Waals surface area contributed by atoms with Gasteiger partial charge in [-0.25, -0.2) is 0 Å². The van der Waals surface area contributed by atoms with Crippen LogP contribution in [0.15, 0.2) is 24.3 Å². The van der Waals surface area contributed by atoms with Crippen molar-refractivity contribution in [2.45, 2.75) is 413 Å². The second kappa shape index (κ2) is 68.8. The van der Waals surface area contributed by atoms with Gasteiger partial charge in [0, 0.05) is 25.7 Å². The fourth-order valence-corrected chi connectivity index (χ4v) is 11.4. The topological polar surface area (TPSA) is 105 Å². The van der Waals surface area contributed by atoms with Crippen LogP contribution in [0.2, 0.25) is 0 Å². The zero-order chi connectivity index (χ0) is 61.7.